The van der Waals surface area contributed by atoms with Gasteiger partial charge in [0.2, 0.25) is 0 Å². The molecule has 1 aliphatic rings. The van der Waals surface area contributed by atoms with Crippen LogP contribution in [0.25, 0.3) is 0 Å². The third-order valence-electron chi connectivity index (χ3n) is 3.53. The van der Waals surface area contributed by atoms with E-state index in [4.69, 9.17) is 16.2 Å². The third-order valence-corrected chi connectivity index (χ3v) is 3.53. The largest absolute Gasteiger partial charge is 0.399 e. The molecule has 1 saturated heterocycles. The number of methoxy groups -OCH3 is 1. The van der Waals surface area contributed by atoms with E-state index in [0.717, 1.165) is 32.5 Å². The van der Waals surface area contributed by atoms with Gasteiger partial charge in [0.05, 0.1) is 0 Å². The van der Waals surface area contributed by atoms with Crippen LogP contribution in [0.5, 0.6) is 0 Å². The van der Waals surface area contributed by atoms with Gasteiger partial charge in [0, 0.05) is 43.7 Å². The first-order valence-corrected chi connectivity index (χ1v) is 6.54. The van der Waals surface area contributed by atoms with Crippen LogP contribution in [-0.4, -0.2) is 37.6 Å². The number of nitrogen functional groups attached to an aromatic ring is 2. The van der Waals surface area contributed by atoms with Gasteiger partial charge in [-0.05, 0) is 37.0 Å². The number of amides is 1. The molecule has 0 unspecified atom stereocenters. The summed E-state index contributed by atoms with van der Waals surface area (Å²) in [5, 5.41) is 0. The molecule has 1 aromatic carbocycles. The average Bonchev–Trinajstić information content (AvgIpc) is 2.38. The summed E-state index contributed by atoms with van der Waals surface area (Å²) in [7, 11) is 1.72. The number of carbonyl (C=O) groups excluding carboxylic acids is 1. The Hall–Kier alpha value is -1.75. The van der Waals surface area contributed by atoms with Crippen molar-refractivity contribution in [3.8, 4) is 0 Å². The lowest BCUT2D eigenvalue weighted by Crippen LogP contribution is -2.39. The highest BCUT2D eigenvalue weighted by molar-refractivity contribution is 5.96. The molecule has 0 spiro atoms. The van der Waals surface area contributed by atoms with E-state index < -0.39 is 0 Å². The van der Waals surface area contributed by atoms with Crippen molar-refractivity contribution in [2.24, 2.45) is 5.92 Å². The molecule has 104 valence electrons. The van der Waals surface area contributed by atoms with Crippen molar-refractivity contribution in [3.63, 3.8) is 0 Å². The first-order chi connectivity index (χ1) is 9.10. The number of rotatable bonds is 3. The van der Waals surface area contributed by atoms with Crippen LogP contribution in [0, 0.1) is 5.92 Å². The van der Waals surface area contributed by atoms with E-state index in [1.54, 1.807) is 25.3 Å². The van der Waals surface area contributed by atoms with E-state index in [9.17, 15) is 4.79 Å². The minimum absolute atomic E-state index is 0.00914. The number of carbonyl (C=O) groups is 1. The normalized spacial score (nSPS) is 16.6. The SMILES string of the molecule is COCC1CCN(C(=O)c2cc(N)cc(N)c2)CC1. The second kappa shape index (κ2) is 5.93. The predicted octanol–water partition coefficient (Wildman–Crippen LogP) is 1.35. The quantitative estimate of drug-likeness (QED) is 0.806. The van der Waals surface area contributed by atoms with Crippen LogP contribution in [-0.2, 0) is 4.74 Å². The molecule has 0 atom stereocenters. The zero-order valence-corrected chi connectivity index (χ0v) is 11.3. The van der Waals surface area contributed by atoms with Gasteiger partial charge in [-0.15, -0.1) is 0 Å². The minimum Gasteiger partial charge on any atom is -0.399 e. The van der Waals surface area contributed by atoms with Crippen molar-refractivity contribution >= 4 is 17.3 Å². The molecule has 2 rings (SSSR count). The number of ether oxygens (including phenoxy) is 1. The Labute approximate surface area is 113 Å². The van der Waals surface area contributed by atoms with Crippen molar-refractivity contribution in [2.75, 3.05) is 38.3 Å². The summed E-state index contributed by atoms with van der Waals surface area (Å²) in [6, 6.07) is 5.02. The number of hydrogen-bond acceptors (Lipinski definition) is 4. The summed E-state index contributed by atoms with van der Waals surface area (Å²) in [5.74, 6) is 0.565. The fraction of sp³-hybridized carbons (Fsp3) is 0.500. The van der Waals surface area contributed by atoms with Gasteiger partial charge in [0.25, 0.3) is 5.91 Å². The number of likely N-dealkylation sites (tertiary alicyclic amines) is 1. The maximum absolute atomic E-state index is 12.4. The maximum Gasteiger partial charge on any atom is 0.254 e. The summed E-state index contributed by atoms with van der Waals surface area (Å²) in [5.41, 5.74) is 13.1. The standard InChI is InChI=1S/C14H21N3O2/c1-19-9-10-2-4-17(5-3-10)14(18)11-6-12(15)8-13(16)7-11/h6-8,10H,2-5,9,15-16H2,1H3. The van der Waals surface area contributed by atoms with Gasteiger partial charge in [0.1, 0.15) is 0 Å². The fourth-order valence-electron chi connectivity index (χ4n) is 2.52. The Kier molecular flexibility index (Phi) is 4.27. The Morgan fingerprint density at radius 1 is 1.26 bits per heavy atom. The van der Waals surface area contributed by atoms with E-state index in [2.05, 4.69) is 0 Å². The molecule has 5 nitrogen and oxygen atoms in total. The first kappa shape index (κ1) is 13.7. The van der Waals surface area contributed by atoms with Crippen LogP contribution >= 0.6 is 0 Å². The van der Waals surface area contributed by atoms with Gasteiger partial charge < -0.3 is 21.1 Å². The average molecular weight is 263 g/mol. The third kappa shape index (κ3) is 3.38. The number of benzene rings is 1. The van der Waals surface area contributed by atoms with Gasteiger partial charge in [-0.2, -0.15) is 0 Å². The molecule has 0 bridgehead atoms. The highest BCUT2D eigenvalue weighted by Gasteiger charge is 2.23. The molecule has 1 aliphatic heterocycles. The highest BCUT2D eigenvalue weighted by atomic mass is 16.5. The fourth-order valence-corrected chi connectivity index (χ4v) is 2.52. The summed E-state index contributed by atoms with van der Waals surface area (Å²) in [4.78, 5) is 14.2. The second-order valence-corrected chi connectivity index (χ2v) is 5.08. The lowest BCUT2D eigenvalue weighted by molar-refractivity contribution is 0.0613. The van der Waals surface area contributed by atoms with Gasteiger partial charge >= 0.3 is 0 Å². The smallest absolute Gasteiger partial charge is 0.254 e. The summed E-state index contributed by atoms with van der Waals surface area (Å²) < 4.78 is 5.16. The molecule has 0 aliphatic carbocycles. The highest BCUT2D eigenvalue weighted by Crippen LogP contribution is 2.21. The van der Waals surface area contributed by atoms with Crippen molar-refractivity contribution in [1.82, 2.24) is 4.90 Å². The molecular weight excluding hydrogens is 242 g/mol. The Morgan fingerprint density at radius 3 is 2.37 bits per heavy atom. The number of anilines is 2. The maximum atomic E-state index is 12.4. The number of hydrogen-bond donors (Lipinski definition) is 2. The Bertz CT molecular complexity index is 434. The van der Waals surface area contributed by atoms with Crippen molar-refractivity contribution < 1.29 is 9.53 Å². The molecule has 0 radical (unpaired) electrons. The van der Waals surface area contributed by atoms with Crippen molar-refractivity contribution in [2.45, 2.75) is 12.8 Å². The van der Waals surface area contributed by atoms with Gasteiger partial charge in [-0.1, -0.05) is 0 Å². The molecule has 5 heteroatoms. The lowest BCUT2D eigenvalue weighted by atomic mass is 9.97. The van der Waals surface area contributed by atoms with E-state index in [1.807, 2.05) is 4.90 Å². The second-order valence-electron chi connectivity index (χ2n) is 5.08. The number of piperidine rings is 1. The molecule has 1 fully saturated rings. The summed E-state index contributed by atoms with van der Waals surface area (Å²) in [6.07, 6.45) is 1.97. The van der Waals surface area contributed by atoms with Crippen LogP contribution in [0.3, 0.4) is 0 Å². The van der Waals surface area contributed by atoms with Gasteiger partial charge in [-0.25, -0.2) is 0 Å². The summed E-state index contributed by atoms with van der Waals surface area (Å²) >= 11 is 0. The molecule has 4 N–H and O–H groups in total. The van der Waals surface area contributed by atoms with E-state index >= 15 is 0 Å². The number of nitrogens with two attached hydrogens (primary N) is 2. The summed E-state index contributed by atoms with van der Waals surface area (Å²) in [6.45, 7) is 2.30. The monoisotopic (exact) mass is 263 g/mol. The topological polar surface area (TPSA) is 81.6 Å². The number of nitrogens with zero attached hydrogens (tertiary/aromatic N) is 1. The van der Waals surface area contributed by atoms with E-state index in [1.165, 1.54) is 0 Å². The van der Waals surface area contributed by atoms with Crippen LogP contribution in [0.2, 0.25) is 0 Å². The molecule has 0 saturated carbocycles. The predicted molar refractivity (Wildman–Crippen MR) is 75.8 cm³/mol. The Balaban J connectivity index is 2.01. The van der Waals surface area contributed by atoms with Crippen LogP contribution in [0.15, 0.2) is 18.2 Å². The molecule has 19 heavy (non-hydrogen) atoms. The lowest BCUT2D eigenvalue weighted by Gasteiger charge is -2.31. The van der Waals surface area contributed by atoms with Gasteiger partial charge in [-0.3, -0.25) is 4.79 Å². The zero-order chi connectivity index (χ0) is 13.8. The van der Waals surface area contributed by atoms with E-state index in [0.29, 0.717) is 22.9 Å². The Morgan fingerprint density at radius 2 is 1.84 bits per heavy atom. The molecular formula is C14H21N3O2. The van der Waals surface area contributed by atoms with Crippen molar-refractivity contribution in [3.05, 3.63) is 23.8 Å². The van der Waals surface area contributed by atoms with Crippen LogP contribution in [0.1, 0.15) is 23.2 Å². The first-order valence-electron chi connectivity index (χ1n) is 6.54. The van der Waals surface area contributed by atoms with Crippen LogP contribution in [0.4, 0.5) is 11.4 Å². The van der Waals surface area contributed by atoms with Gasteiger partial charge in [0.15, 0.2) is 0 Å². The molecule has 1 heterocycles. The van der Waals surface area contributed by atoms with Crippen LogP contribution < -0.4 is 11.5 Å². The molecule has 0 aromatic heterocycles. The van der Waals surface area contributed by atoms with Crippen molar-refractivity contribution in [1.29, 1.82) is 0 Å². The van der Waals surface area contributed by atoms with E-state index in [-0.39, 0.29) is 5.91 Å². The minimum atomic E-state index is 0.00914. The zero-order valence-electron chi connectivity index (χ0n) is 11.3. The molecule has 1 aromatic rings. The molecule has 1 amide bonds.